The minimum Gasteiger partial charge on any atom is -0.496 e. The first-order chi connectivity index (χ1) is 7.88. The summed E-state index contributed by atoms with van der Waals surface area (Å²) in [5.74, 6) is -0.411. The van der Waals surface area contributed by atoms with Crippen LogP contribution in [0.1, 0.15) is 22.3 Å². The second-order valence-corrected chi connectivity index (χ2v) is 4.18. The number of rotatable bonds is 4. The Morgan fingerprint density at radius 3 is 2.41 bits per heavy atom. The van der Waals surface area contributed by atoms with Gasteiger partial charge in [0.15, 0.2) is 6.10 Å². The van der Waals surface area contributed by atoms with Gasteiger partial charge in [0.1, 0.15) is 5.75 Å². The third-order valence-corrected chi connectivity index (χ3v) is 3.11. The number of aryl methyl sites for hydroxylation is 1. The molecule has 0 radical (unpaired) electrons. The van der Waals surface area contributed by atoms with Crippen LogP contribution in [0, 0.1) is 20.8 Å². The van der Waals surface area contributed by atoms with Gasteiger partial charge in [-0.1, -0.05) is 0 Å². The monoisotopic (exact) mass is 238 g/mol. The Labute approximate surface area is 101 Å². The Balaban J connectivity index is 3.17. The van der Waals surface area contributed by atoms with Gasteiger partial charge in [-0.3, -0.25) is 0 Å². The summed E-state index contributed by atoms with van der Waals surface area (Å²) < 4.78 is 5.24. The number of hydrogen-bond donors (Lipinski definition) is 2. The molecule has 0 aliphatic rings. The highest BCUT2D eigenvalue weighted by molar-refractivity contribution is 5.72. The van der Waals surface area contributed by atoms with Crippen molar-refractivity contribution in [3.63, 3.8) is 0 Å². The van der Waals surface area contributed by atoms with Gasteiger partial charge in [-0.05, 0) is 49.1 Å². The summed E-state index contributed by atoms with van der Waals surface area (Å²) in [5, 5.41) is 18.1. The minimum absolute atomic E-state index is 0.123. The van der Waals surface area contributed by atoms with Gasteiger partial charge in [-0.15, -0.1) is 0 Å². The number of carbonyl (C=O) groups is 1. The zero-order valence-corrected chi connectivity index (χ0v) is 10.6. The fraction of sp³-hybridized carbons (Fsp3) is 0.462. The molecule has 0 aliphatic carbocycles. The lowest BCUT2D eigenvalue weighted by Gasteiger charge is -2.17. The van der Waals surface area contributed by atoms with Crippen LogP contribution >= 0.6 is 0 Å². The summed E-state index contributed by atoms with van der Waals surface area (Å²) in [4.78, 5) is 10.7. The van der Waals surface area contributed by atoms with Gasteiger partial charge in [-0.25, -0.2) is 4.79 Å². The van der Waals surface area contributed by atoms with Crippen LogP contribution in [0.2, 0.25) is 0 Å². The highest BCUT2D eigenvalue weighted by Crippen LogP contribution is 2.28. The summed E-state index contributed by atoms with van der Waals surface area (Å²) in [6, 6.07) is 1.87. The SMILES string of the molecule is COc1cc(C)c(CC(O)C(=O)O)c(C)c1C. The molecule has 0 bridgehead atoms. The van der Waals surface area contributed by atoms with Gasteiger partial charge >= 0.3 is 5.97 Å². The van der Waals surface area contributed by atoms with E-state index in [1.807, 2.05) is 26.8 Å². The Morgan fingerprint density at radius 1 is 1.35 bits per heavy atom. The number of hydrogen-bond acceptors (Lipinski definition) is 3. The highest BCUT2D eigenvalue weighted by Gasteiger charge is 2.18. The van der Waals surface area contributed by atoms with Gasteiger partial charge in [0.25, 0.3) is 0 Å². The molecule has 17 heavy (non-hydrogen) atoms. The van der Waals surface area contributed by atoms with Crippen molar-refractivity contribution in [2.24, 2.45) is 0 Å². The molecular formula is C13H18O4. The third kappa shape index (κ3) is 2.77. The second-order valence-electron chi connectivity index (χ2n) is 4.18. The lowest BCUT2D eigenvalue weighted by Crippen LogP contribution is -2.23. The third-order valence-electron chi connectivity index (χ3n) is 3.11. The topological polar surface area (TPSA) is 66.8 Å². The maximum absolute atomic E-state index is 10.7. The zero-order chi connectivity index (χ0) is 13.2. The van der Waals surface area contributed by atoms with Crippen LogP contribution in [0.25, 0.3) is 0 Å². The number of aliphatic hydroxyl groups is 1. The molecule has 0 fully saturated rings. The molecule has 1 aromatic carbocycles. The van der Waals surface area contributed by atoms with Crippen LogP contribution in [0.5, 0.6) is 5.75 Å². The summed E-state index contributed by atoms with van der Waals surface area (Å²) >= 11 is 0. The Morgan fingerprint density at radius 2 is 1.94 bits per heavy atom. The van der Waals surface area contributed by atoms with Crippen molar-refractivity contribution in [3.8, 4) is 5.75 Å². The molecule has 0 amide bonds. The molecule has 0 heterocycles. The maximum Gasteiger partial charge on any atom is 0.332 e. The summed E-state index contributed by atoms with van der Waals surface area (Å²) in [7, 11) is 1.60. The lowest BCUT2D eigenvalue weighted by molar-refractivity contribution is -0.146. The van der Waals surface area contributed by atoms with E-state index < -0.39 is 12.1 Å². The lowest BCUT2D eigenvalue weighted by atomic mass is 9.93. The van der Waals surface area contributed by atoms with Crippen LogP contribution in [0.4, 0.5) is 0 Å². The summed E-state index contributed by atoms with van der Waals surface area (Å²) in [6.07, 6.45) is -1.24. The standard InChI is InChI=1S/C13H18O4/c1-7-5-12(17-4)9(3)8(2)10(7)6-11(14)13(15)16/h5,11,14H,6H2,1-4H3,(H,15,16). The molecule has 0 saturated carbocycles. The maximum atomic E-state index is 10.7. The van der Waals surface area contributed by atoms with E-state index in [0.717, 1.165) is 28.0 Å². The van der Waals surface area contributed by atoms with Crippen LogP contribution in [0.15, 0.2) is 6.07 Å². The van der Waals surface area contributed by atoms with Crippen LogP contribution in [-0.2, 0) is 11.2 Å². The summed E-state index contributed by atoms with van der Waals surface area (Å²) in [5.41, 5.74) is 3.76. The van der Waals surface area contributed by atoms with E-state index in [9.17, 15) is 9.90 Å². The second kappa shape index (κ2) is 5.19. The number of carboxylic acid groups (broad SMARTS) is 1. The van der Waals surface area contributed by atoms with E-state index in [1.54, 1.807) is 7.11 Å². The molecule has 1 rings (SSSR count). The normalized spacial score (nSPS) is 12.3. The molecule has 1 unspecified atom stereocenters. The average Bonchev–Trinajstić information content (AvgIpc) is 2.28. The van der Waals surface area contributed by atoms with Crippen LogP contribution < -0.4 is 4.74 Å². The van der Waals surface area contributed by atoms with E-state index in [1.165, 1.54) is 0 Å². The van der Waals surface area contributed by atoms with Crippen molar-refractivity contribution in [1.29, 1.82) is 0 Å². The Hall–Kier alpha value is -1.55. The van der Waals surface area contributed by atoms with Gasteiger partial charge in [0, 0.05) is 6.42 Å². The molecule has 0 spiro atoms. The molecule has 0 aliphatic heterocycles. The number of benzene rings is 1. The molecular weight excluding hydrogens is 220 g/mol. The van der Waals surface area contributed by atoms with Crippen molar-refractivity contribution in [1.82, 2.24) is 0 Å². The van der Waals surface area contributed by atoms with Crippen LogP contribution in [0.3, 0.4) is 0 Å². The number of aliphatic carboxylic acids is 1. The molecule has 0 saturated heterocycles. The van der Waals surface area contributed by atoms with E-state index in [2.05, 4.69) is 0 Å². The highest BCUT2D eigenvalue weighted by atomic mass is 16.5. The van der Waals surface area contributed by atoms with Crippen molar-refractivity contribution < 1.29 is 19.7 Å². The minimum atomic E-state index is -1.36. The number of aliphatic hydroxyl groups excluding tert-OH is 1. The van der Waals surface area contributed by atoms with Crippen molar-refractivity contribution in [2.75, 3.05) is 7.11 Å². The fourth-order valence-electron chi connectivity index (χ4n) is 1.91. The van der Waals surface area contributed by atoms with Gasteiger partial charge in [0.05, 0.1) is 7.11 Å². The smallest absolute Gasteiger partial charge is 0.332 e. The Kier molecular flexibility index (Phi) is 4.12. The molecule has 94 valence electrons. The quantitative estimate of drug-likeness (QED) is 0.836. The molecule has 4 heteroatoms. The first-order valence-corrected chi connectivity index (χ1v) is 5.43. The first kappa shape index (κ1) is 13.5. The average molecular weight is 238 g/mol. The number of ether oxygens (including phenoxy) is 1. The van der Waals surface area contributed by atoms with E-state index in [-0.39, 0.29) is 6.42 Å². The molecule has 2 N–H and O–H groups in total. The predicted octanol–water partition coefficient (Wildman–Crippen LogP) is 1.61. The van der Waals surface area contributed by atoms with Gasteiger partial charge < -0.3 is 14.9 Å². The first-order valence-electron chi connectivity index (χ1n) is 5.43. The molecule has 4 nitrogen and oxygen atoms in total. The van der Waals surface area contributed by atoms with E-state index in [0.29, 0.717) is 0 Å². The van der Waals surface area contributed by atoms with Crippen molar-refractivity contribution in [3.05, 3.63) is 28.3 Å². The van der Waals surface area contributed by atoms with E-state index in [4.69, 9.17) is 9.84 Å². The summed E-state index contributed by atoms with van der Waals surface area (Å²) in [6.45, 7) is 5.72. The van der Waals surface area contributed by atoms with Gasteiger partial charge in [-0.2, -0.15) is 0 Å². The largest absolute Gasteiger partial charge is 0.496 e. The predicted molar refractivity (Wildman–Crippen MR) is 64.6 cm³/mol. The molecule has 1 aromatic rings. The zero-order valence-electron chi connectivity index (χ0n) is 10.6. The number of carboxylic acids is 1. The Bertz CT molecular complexity index is 438. The van der Waals surface area contributed by atoms with Crippen molar-refractivity contribution in [2.45, 2.75) is 33.3 Å². The molecule has 0 aromatic heterocycles. The van der Waals surface area contributed by atoms with Crippen LogP contribution in [-0.4, -0.2) is 29.4 Å². The van der Waals surface area contributed by atoms with Gasteiger partial charge in [0.2, 0.25) is 0 Å². The number of methoxy groups -OCH3 is 1. The van der Waals surface area contributed by atoms with E-state index >= 15 is 0 Å². The van der Waals surface area contributed by atoms with Crippen molar-refractivity contribution >= 4 is 5.97 Å². The molecule has 1 atom stereocenters. The fourth-order valence-corrected chi connectivity index (χ4v) is 1.91.